The van der Waals surface area contributed by atoms with Gasteiger partial charge >= 0.3 is 0 Å². The number of fused-ring (bicyclic) bond motifs is 1. The minimum absolute atomic E-state index is 0.130. The zero-order valence-electron chi connectivity index (χ0n) is 6.90. The Morgan fingerprint density at radius 1 is 1.75 bits per heavy atom. The number of carbonyl (C=O) groups is 1. The molecule has 0 unspecified atom stereocenters. The van der Waals surface area contributed by atoms with E-state index < -0.39 is 17.8 Å². The van der Waals surface area contributed by atoms with E-state index in [1.54, 1.807) is 6.92 Å². The number of aliphatic hydroxyl groups excluding tert-OH is 1. The second-order valence-electron chi connectivity index (χ2n) is 3.21. The van der Waals surface area contributed by atoms with Crippen LogP contribution in [0.2, 0.25) is 0 Å². The summed E-state index contributed by atoms with van der Waals surface area (Å²) < 4.78 is 9.92. The average molecular weight is 170 g/mol. The summed E-state index contributed by atoms with van der Waals surface area (Å²) in [5, 5.41) is 9.49. The summed E-state index contributed by atoms with van der Waals surface area (Å²) in [5.74, 6) is 0.162. The summed E-state index contributed by atoms with van der Waals surface area (Å²) >= 11 is 0. The maximum atomic E-state index is 11.3. The van der Waals surface area contributed by atoms with Crippen LogP contribution in [0.1, 0.15) is 6.92 Å². The quantitative estimate of drug-likeness (QED) is 0.545. The van der Waals surface area contributed by atoms with Gasteiger partial charge in [0, 0.05) is 6.08 Å². The second-order valence-corrected chi connectivity index (χ2v) is 3.21. The number of ether oxygens (including phenoxy) is 2. The van der Waals surface area contributed by atoms with Gasteiger partial charge in [0.05, 0.1) is 7.11 Å². The number of hydrogen-bond acceptors (Lipinski definition) is 4. The Morgan fingerprint density at radius 2 is 2.42 bits per heavy atom. The lowest BCUT2D eigenvalue weighted by molar-refractivity contribution is -0.119. The minimum atomic E-state index is -0.794. The maximum absolute atomic E-state index is 11.3. The lowest BCUT2D eigenvalue weighted by Crippen LogP contribution is -2.35. The fourth-order valence-electron chi connectivity index (χ4n) is 1.48. The lowest BCUT2D eigenvalue weighted by atomic mass is 9.92. The van der Waals surface area contributed by atoms with Crippen molar-refractivity contribution in [2.45, 2.75) is 24.7 Å². The number of rotatable bonds is 1. The highest BCUT2D eigenvalue weighted by Gasteiger charge is 2.64. The van der Waals surface area contributed by atoms with Crippen LogP contribution in [0.5, 0.6) is 0 Å². The summed E-state index contributed by atoms with van der Waals surface area (Å²) in [6.45, 7) is 1.67. The molecule has 1 heterocycles. The van der Waals surface area contributed by atoms with Gasteiger partial charge in [0.15, 0.2) is 11.4 Å². The molecule has 2 aliphatic rings. The zero-order valence-corrected chi connectivity index (χ0v) is 6.90. The van der Waals surface area contributed by atoms with Crippen LogP contribution in [0.25, 0.3) is 0 Å². The summed E-state index contributed by atoms with van der Waals surface area (Å²) in [7, 11) is 1.42. The van der Waals surface area contributed by atoms with Gasteiger partial charge < -0.3 is 14.6 Å². The fraction of sp³-hybridized carbons (Fsp3) is 0.625. The SMILES string of the molecule is COC1=CC(=O)[C@@]2(C)O[C@H]2[C@H]1O. The predicted octanol–water partition coefficient (Wildman–Crippen LogP) is -0.382. The van der Waals surface area contributed by atoms with Crippen molar-refractivity contribution < 1.29 is 19.4 Å². The molecule has 0 aromatic heterocycles. The molecule has 0 radical (unpaired) electrons. The van der Waals surface area contributed by atoms with Crippen molar-refractivity contribution in [2.24, 2.45) is 0 Å². The molecule has 0 spiro atoms. The smallest absolute Gasteiger partial charge is 0.193 e. The molecule has 1 N–H and O–H groups in total. The van der Waals surface area contributed by atoms with E-state index in [1.165, 1.54) is 13.2 Å². The highest BCUT2D eigenvalue weighted by Crippen LogP contribution is 2.44. The monoisotopic (exact) mass is 170 g/mol. The normalized spacial score (nSPS) is 44.9. The van der Waals surface area contributed by atoms with Gasteiger partial charge in [0.1, 0.15) is 18.0 Å². The zero-order chi connectivity index (χ0) is 8.93. The molecule has 2 rings (SSSR count). The molecular weight excluding hydrogens is 160 g/mol. The van der Waals surface area contributed by atoms with Gasteiger partial charge in [-0.15, -0.1) is 0 Å². The van der Waals surface area contributed by atoms with E-state index in [0.29, 0.717) is 5.76 Å². The molecule has 0 saturated carbocycles. The molecular formula is C8H10O4. The number of aliphatic hydroxyl groups is 1. The van der Waals surface area contributed by atoms with Crippen LogP contribution in [0.15, 0.2) is 11.8 Å². The number of carbonyl (C=O) groups excluding carboxylic acids is 1. The van der Waals surface area contributed by atoms with E-state index in [4.69, 9.17) is 9.47 Å². The minimum Gasteiger partial charge on any atom is -0.498 e. The molecule has 4 heteroatoms. The first-order valence-electron chi connectivity index (χ1n) is 3.75. The summed E-state index contributed by atoms with van der Waals surface area (Å²) in [6, 6.07) is 0. The first-order chi connectivity index (χ1) is 5.59. The van der Waals surface area contributed by atoms with E-state index in [9.17, 15) is 9.90 Å². The number of ketones is 1. The standard InChI is InChI=1S/C8H10O4/c1-8-5(9)3-4(11-2)6(10)7(8)12-8/h3,6-7,10H,1-2H3/t6-,7-,8+/m0/s1. The van der Waals surface area contributed by atoms with Gasteiger partial charge in [-0.1, -0.05) is 0 Å². The van der Waals surface area contributed by atoms with E-state index in [-0.39, 0.29) is 5.78 Å². The topological polar surface area (TPSA) is 59.1 Å². The van der Waals surface area contributed by atoms with Crippen molar-refractivity contribution in [3.8, 4) is 0 Å². The predicted molar refractivity (Wildman–Crippen MR) is 39.4 cm³/mol. The lowest BCUT2D eigenvalue weighted by Gasteiger charge is -2.16. The molecule has 1 aliphatic carbocycles. The van der Waals surface area contributed by atoms with Gasteiger partial charge in [-0.05, 0) is 6.92 Å². The van der Waals surface area contributed by atoms with Gasteiger partial charge in [-0.25, -0.2) is 0 Å². The third kappa shape index (κ3) is 0.763. The van der Waals surface area contributed by atoms with Crippen LogP contribution in [-0.4, -0.2) is 35.8 Å². The number of hydrogen-bond donors (Lipinski definition) is 1. The molecule has 0 bridgehead atoms. The molecule has 3 atom stereocenters. The molecule has 1 saturated heterocycles. The van der Waals surface area contributed by atoms with E-state index in [0.717, 1.165) is 0 Å². The number of epoxide rings is 1. The summed E-state index contributed by atoms with van der Waals surface area (Å²) in [5.41, 5.74) is -0.790. The Balaban J connectivity index is 2.32. The van der Waals surface area contributed by atoms with Crippen LogP contribution in [0, 0.1) is 0 Å². The number of methoxy groups -OCH3 is 1. The molecule has 66 valence electrons. The first-order valence-corrected chi connectivity index (χ1v) is 3.75. The highest BCUT2D eigenvalue weighted by atomic mass is 16.6. The van der Waals surface area contributed by atoms with Crippen molar-refractivity contribution in [2.75, 3.05) is 7.11 Å². The van der Waals surface area contributed by atoms with Crippen LogP contribution in [0.4, 0.5) is 0 Å². The van der Waals surface area contributed by atoms with E-state index in [1.807, 2.05) is 0 Å². The van der Waals surface area contributed by atoms with E-state index >= 15 is 0 Å². The Hall–Kier alpha value is -0.870. The van der Waals surface area contributed by atoms with Crippen LogP contribution < -0.4 is 0 Å². The Bertz CT molecular complexity index is 270. The van der Waals surface area contributed by atoms with Crippen LogP contribution >= 0.6 is 0 Å². The first kappa shape index (κ1) is 7.76. The second kappa shape index (κ2) is 2.08. The molecule has 4 nitrogen and oxygen atoms in total. The molecule has 1 fully saturated rings. The molecule has 0 amide bonds. The highest BCUT2D eigenvalue weighted by molar-refractivity contribution is 6.01. The summed E-state index contributed by atoms with van der Waals surface area (Å²) in [4.78, 5) is 11.3. The third-order valence-electron chi connectivity index (χ3n) is 2.43. The Labute approximate surface area is 69.8 Å². The van der Waals surface area contributed by atoms with Gasteiger partial charge in [-0.2, -0.15) is 0 Å². The molecule has 0 aromatic rings. The fourth-order valence-corrected chi connectivity index (χ4v) is 1.48. The van der Waals surface area contributed by atoms with Gasteiger partial charge in [0.25, 0.3) is 0 Å². The van der Waals surface area contributed by atoms with Gasteiger partial charge in [0.2, 0.25) is 0 Å². The van der Waals surface area contributed by atoms with Crippen LogP contribution in [-0.2, 0) is 14.3 Å². The maximum Gasteiger partial charge on any atom is 0.193 e. The molecule has 1 aliphatic heterocycles. The van der Waals surface area contributed by atoms with Crippen molar-refractivity contribution in [3.63, 3.8) is 0 Å². The van der Waals surface area contributed by atoms with Crippen molar-refractivity contribution in [1.29, 1.82) is 0 Å². The van der Waals surface area contributed by atoms with Crippen molar-refractivity contribution in [3.05, 3.63) is 11.8 Å². The van der Waals surface area contributed by atoms with E-state index in [2.05, 4.69) is 0 Å². The van der Waals surface area contributed by atoms with Crippen molar-refractivity contribution >= 4 is 5.78 Å². The molecule has 12 heavy (non-hydrogen) atoms. The largest absolute Gasteiger partial charge is 0.498 e. The average Bonchev–Trinajstić information content (AvgIpc) is 2.72. The molecule has 0 aromatic carbocycles. The van der Waals surface area contributed by atoms with Crippen LogP contribution in [0.3, 0.4) is 0 Å². The van der Waals surface area contributed by atoms with Crippen molar-refractivity contribution in [1.82, 2.24) is 0 Å². The third-order valence-corrected chi connectivity index (χ3v) is 2.43. The summed E-state index contributed by atoms with van der Waals surface area (Å²) in [6.07, 6.45) is 0.0939. The Morgan fingerprint density at radius 3 is 3.00 bits per heavy atom. The Kier molecular flexibility index (Phi) is 1.35. The van der Waals surface area contributed by atoms with Gasteiger partial charge in [-0.3, -0.25) is 4.79 Å².